The van der Waals surface area contributed by atoms with Crippen molar-refractivity contribution in [1.82, 2.24) is 5.32 Å². The molecule has 102 valence electrons. The first-order valence-corrected chi connectivity index (χ1v) is 8.95. The van der Waals surface area contributed by atoms with Crippen molar-refractivity contribution in [2.45, 2.75) is 38.1 Å². The molecule has 1 aromatic carbocycles. The molecule has 0 saturated heterocycles. The minimum atomic E-state index is 0.450. The summed E-state index contributed by atoms with van der Waals surface area (Å²) in [5.41, 5.74) is 1.39. The Balaban J connectivity index is 2.39. The third-order valence-electron chi connectivity index (χ3n) is 2.77. The Morgan fingerprint density at radius 1 is 1.22 bits per heavy atom. The summed E-state index contributed by atoms with van der Waals surface area (Å²) in [7, 11) is 0. The zero-order valence-electron chi connectivity index (χ0n) is 11.7. The van der Waals surface area contributed by atoms with Crippen LogP contribution in [-0.4, -0.2) is 23.8 Å². The van der Waals surface area contributed by atoms with Crippen LogP contribution in [0.1, 0.15) is 38.8 Å². The summed E-state index contributed by atoms with van der Waals surface area (Å²) in [4.78, 5) is 1.40. The van der Waals surface area contributed by atoms with Crippen molar-refractivity contribution >= 4 is 23.5 Å². The predicted molar refractivity (Wildman–Crippen MR) is 86.9 cm³/mol. The van der Waals surface area contributed by atoms with Crippen LogP contribution < -0.4 is 5.32 Å². The second-order valence-electron chi connectivity index (χ2n) is 4.25. The zero-order valence-corrected chi connectivity index (χ0v) is 13.4. The summed E-state index contributed by atoms with van der Waals surface area (Å²) in [5, 5.41) is 3.46. The minimum absolute atomic E-state index is 0.450. The summed E-state index contributed by atoms with van der Waals surface area (Å²) in [6.45, 7) is 7.63. The number of hydrogen-bond acceptors (Lipinski definition) is 3. The van der Waals surface area contributed by atoms with Gasteiger partial charge in [0.1, 0.15) is 0 Å². The Hall–Kier alpha value is -0.120. The van der Waals surface area contributed by atoms with Crippen molar-refractivity contribution in [3.05, 3.63) is 29.8 Å². The molecule has 1 atom stereocenters. The van der Waals surface area contributed by atoms with Crippen molar-refractivity contribution in [3.63, 3.8) is 0 Å². The topological polar surface area (TPSA) is 12.0 Å². The van der Waals surface area contributed by atoms with Gasteiger partial charge < -0.3 is 5.32 Å². The monoisotopic (exact) mass is 283 g/mol. The molecular formula is C15H25NS2. The highest BCUT2D eigenvalue weighted by Gasteiger charge is 2.04. The Labute approximate surface area is 121 Å². The SMILES string of the molecule is CCNC(C)c1cccc(SCCCSCC)c1. The fraction of sp³-hybridized carbons (Fsp3) is 0.600. The van der Waals surface area contributed by atoms with E-state index in [1.54, 1.807) is 0 Å². The Morgan fingerprint density at radius 2 is 2.06 bits per heavy atom. The second kappa shape index (κ2) is 9.76. The molecule has 1 unspecified atom stereocenters. The van der Waals surface area contributed by atoms with Crippen LogP contribution in [0.4, 0.5) is 0 Å². The van der Waals surface area contributed by atoms with Gasteiger partial charge in [-0.3, -0.25) is 0 Å². The van der Waals surface area contributed by atoms with Gasteiger partial charge in [0.25, 0.3) is 0 Å². The Morgan fingerprint density at radius 3 is 2.78 bits per heavy atom. The lowest BCUT2D eigenvalue weighted by Gasteiger charge is -2.13. The number of thioether (sulfide) groups is 2. The van der Waals surface area contributed by atoms with Crippen molar-refractivity contribution in [3.8, 4) is 0 Å². The molecule has 0 spiro atoms. The smallest absolute Gasteiger partial charge is 0.0292 e. The second-order valence-corrected chi connectivity index (χ2v) is 6.81. The molecule has 1 N–H and O–H groups in total. The van der Waals surface area contributed by atoms with E-state index in [-0.39, 0.29) is 0 Å². The molecule has 0 radical (unpaired) electrons. The average Bonchev–Trinajstić information content (AvgIpc) is 2.39. The van der Waals surface area contributed by atoms with Gasteiger partial charge in [-0.05, 0) is 54.8 Å². The highest BCUT2D eigenvalue weighted by Crippen LogP contribution is 2.23. The first-order chi connectivity index (χ1) is 8.77. The number of hydrogen-bond donors (Lipinski definition) is 1. The van der Waals surface area contributed by atoms with Crippen molar-refractivity contribution < 1.29 is 0 Å². The highest BCUT2D eigenvalue weighted by molar-refractivity contribution is 8.00. The molecule has 3 heteroatoms. The quantitative estimate of drug-likeness (QED) is 0.526. The molecule has 0 aliphatic heterocycles. The molecule has 0 fully saturated rings. The molecule has 0 saturated carbocycles. The normalized spacial score (nSPS) is 12.6. The first kappa shape index (κ1) is 15.9. The summed E-state index contributed by atoms with van der Waals surface area (Å²) in [6.07, 6.45) is 1.30. The van der Waals surface area contributed by atoms with Crippen molar-refractivity contribution in [1.29, 1.82) is 0 Å². The van der Waals surface area contributed by atoms with E-state index < -0.39 is 0 Å². The van der Waals surface area contributed by atoms with Crippen LogP contribution in [0.15, 0.2) is 29.2 Å². The molecule has 0 aliphatic carbocycles. The summed E-state index contributed by atoms with van der Waals surface area (Å²) in [5.74, 6) is 3.75. The van der Waals surface area contributed by atoms with Gasteiger partial charge in [-0.2, -0.15) is 11.8 Å². The average molecular weight is 284 g/mol. The van der Waals surface area contributed by atoms with Gasteiger partial charge >= 0.3 is 0 Å². The van der Waals surface area contributed by atoms with Crippen LogP contribution in [-0.2, 0) is 0 Å². The fourth-order valence-corrected chi connectivity index (χ4v) is 3.53. The lowest BCUT2D eigenvalue weighted by atomic mass is 10.1. The third-order valence-corrected chi connectivity index (χ3v) is 4.84. The molecule has 1 nitrogen and oxygen atoms in total. The number of benzene rings is 1. The maximum atomic E-state index is 3.46. The number of nitrogens with one attached hydrogen (secondary N) is 1. The molecule has 1 rings (SSSR count). The van der Waals surface area contributed by atoms with E-state index in [1.807, 2.05) is 23.5 Å². The molecule has 0 amide bonds. The molecule has 0 heterocycles. The first-order valence-electron chi connectivity index (χ1n) is 6.81. The van der Waals surface area contributed by atoms with Gasteiger partial charge in [-0.25, -0.2) is 0 Å². The van der Waals surface area contributed by atoms with Crippen LogP contribution in [0.25, 0.3) is 0 Å². The van der Waals surface area contributed by atoms with Gasteiger partial charge in [-0.15, -0.1) is 11.8 Å². The summed E-state index contributed by atoms with van der Waals surface area (Å²) in [6, 6.07) is 9.38. The maximum Gasteiger partial charge on any atom is 0.0292 e. The maximum absolute atomic E-state index is 3.46. The highest BCUT2D eigenvalue weighted by atomic mass is 32.2. The summed E-state index contributed by atoms with van der Waals surface area (Å²) >= 11 is 4.01. The largest absolute Gasteiger partial charge is 0.310 e. The third kappa shape index (κ3) is 6.17. The molecule has 18 heavy (non-hydrogen) atoms. The van der Waals surface area contributed by atoms with Crippen LogP contribution in [0.3, 0.4) is 0 Å². The van der Waals surface area contributed by atoms with Crippen molar-refractivity contribution in [2.24, 2.45) is 0 Å². The van der Waals surface area contributed by atoms with Gasteiger partial charge in [-0.1, -0.05) is 26.0 Å². The zero-order chi connectivity index (χ0) is 13.2. The van der Waals surface area contributed by atoms with E-state index in [0.29, 0.717) is 6.04 Å². The van der Waals surface area contributed by atoms with Crippen LogP contribution in [0.2, 0.25) is 0 Å². The van der Waals surface area contributed by atoms with Crippen molar-refractivity contribution in [2.75, 3.05) is 23.8 Å². The fourth-order valence-electron chi connectivity index (χ4n) is 1.79. The van der Waals surface area contributed by atoms with E-state index in [4.69, 9.17) is 0 Å². The van der Waals surface area contributed by atoms with Crippen LogP contribution >= 0.6 is 23.5 Å². The van der Waals surface area contributed by atoms with E-state index in [9.17, 15) is 0 Å². The van der Waals surface area contributed by atoms with E-state index in [2.05, 4.69) is 50.4 Å². The lowest BCUT2D eigenvalue weighted by Crippen LogP contribution is -2.17. The van der Waals surface area contributed by atoms with E-state index >= 15 is 0 Å². The van der Waals surface area contributed by atoms with Gasteiger partial charge in [0.05, 0.1) is 0 Å². The van der Waals surface area contributed by atoms with Crippen LogP contribution in [0.5, 0.6) is 0 Å². The van der Waals surface area contributed by atoms with Crippen LogP contribution in [0, 0.1) is 0 Å². The lowest BCUT2D eigenvalue weighted by molar-refractivity contribution is 0.597. The molecule has 0 aromatic heterocycles. The van der Waals surface area contributed by atoms with Gasteiger partial charge in [0, 0.05) is 10.9 Å². The Bertz CT molecular complexity index is 328. The minimum Gasteiger partial charge on any atom is -0.310 e. The van der Waals surface area contributed by atoms with Gasteiger partial charge in [0.2, 0.25) is 0 Å². The van der Waals surface area contributed by atoms with E-state index in [0.717, 1.165) is 6.54 Å². The molecule has 1 aromatic rings. The van der Waals surface area contributed by atoms with Gasteiger partial charge in [0.15, 0.2) is 0 Å². The van der Waals surface area contributed by atoms with E-state index in [1.165, 1.54) is 34.1 Å². The molecule has 0 aliphatic rings. The summed E-state index contributed by atoms with van der Waals surface area (Å²) < 4.78 is 0. The number of rotatable bonds is 9. The molecule has 0 bridgehead atoms. The molecular weight excluding hydrogens is 258 g/mol. The Kier molecular flexibility index (Phi) is 8.64. The standard InChI is InChI=1S/C15H25NS2/c1-4-16-13(3)14-8-6-9-15(12-14)18-11-7-10-17-5-2/h6,8-9,12-13,16H,4-5,7,10-11H2,1-3H3. The predicted octanol–water partition coefficient (Wildman–Crippen LogP) is 4.59.